The highest BCUT2D eigenvalue weighted by molar-refractivity contribution is 7.17. The number of benzene rings is 1. The summed E-state index contributed by atoms with van der Waals surface area (Å²) < 4.78 is 0. The number of aromatic nitrogens is 1. The normalized spacial score (nSPS) is 14.3. The number of carbonyl (C=O) groups is 1. The van der Waals surface area contributed by atoms with Gasteiger partial charge in [0.2, 0.25) is 0 Å². The van der Waals surface area contributed by atoms with Crippen LogP contribution in [0.1, 0.15) is 21.8 Å². The summed E-state index contributed by atoms with van der Waals surface area (Å²) in [6.07, 6.45) is 0.994. The number of nitrogens with one attached hydrogen (secondary N) is 1. The van der Waals surface area contributed by atoms with Crippen molar-refractivity contribution in [3.8, 4) is 10.6 Å². The van der Waals surface area contributed by atoms with E-state index in [0.29, 0.717) is 5.02 Å². The Morgan fingerprint density at radius 2 is 1.92 bits per heavy atom. The third-order valence-electron chi connectivity index (χ3n) is 3.71. The molecule has 0 unspecified atom stereocenters. The maximum atomic E-state index is 12.7. The van der Waals surface area contributed by atoms with Gasteiger partial charge in [-0.3, -0.25) is 4.79 Å². The predicted molar refractivity (Wildman–Crippen MR) is 105 cm³/mol. The number of hydrogen-bond acceptors (Lipinski definition) is 4. The topological polar surface area (TPSA) is 45.2 Å². The molecule has 3 rings (SSSR count). The molecule has 0 spiro atoms. The quantitative estimate of drug-likeness (QED) is 0.815. The number of aryl methyl sites for hydroxylation is 1. The van der Waals surface area contributed by atoms with Crippen LogP contribution in [-0.2, 0) is 0 Å². The predicted octanol–water partition coefficient (Wildman–Crippen LogP) is 4.05. The number of halogens is 3. The number of rotatable bonds is 2. The molecule has 8 heteroatoms. The summed E-state index contributed by atoms with van der Waals surface area (Å²) in [6.45, 7) is 5.29. The second-order valence-corrected chi connectivity index (χ2v) is 6.77. The molecule has 1 amide bonds. The summed E-state index contributed by atoms with van der Waals surface area (Å²) in [6, 6.07) is 7.56. The van der Waals surface area contributed by atoms with Crippen LogP contribution in [-0.4, -0.2) is 42.0 Å². The van der Waals surface area contributed by atoms with Crippen molar-refractivity contribution in [2.45, 2.75) is 13.3 Å². The van der Waals surface area contributed by atoms with Crippen molar-refractivity contribution in [3.63, 3.8) is 0 Å². The Kier molecular flexibility index (Phi) is 8.46. The van der Waals surface area contributed by atoms with Gasteiger partial charge in [0.25, 0.3) is 5.91 Å². The standard InChI is InChI=1S/C16H18ClN3OS.2ClH/c1-11-14(16(21)20-9-2-7-18-8-10-20)22-15(19-11)12-3-5-13(17)6-4-12;;/h3-6,18H,2,7-10H2,1H3;2*1H. The maximum Gasteiger partial charge on any atom is 0.265 e. The highest BCUT2D eigenvalue weighted by Crippen LogP contribution is 2.29. The molecule has 4 nitrogen and oxygen atoms in total. The molecule has 1 aromatic carbocycles. The largest absolute Gasteiger partial charge is 0.337 e. The zero-order chi connectivity index (χ0) is 15.5. The van der Waals surface area contributed by atoms with Crippen molar-refractivity contribution < 1.29 is 4.79 Å². The van der Waals surface area contributed by atoms with Gasteiger partial charge < -0.3 is 10.2 Å². The van der Waals surface area contributed by atoms with Gasteiger partial charge in [0.15, 0.2) is 0 Å². The Hall–Kier alpha value is -0.850. The average Bonchev–Trinajstić information content (AvgIpc) is 2.74. The SMILES string of the molecule is Cc1nc(-c2ccc(Cl)cc2)sc1C(=O)N1CCCNCC1.Cl.Cl. The molecule has 24 heavy (non-hydrogen) atoms. The van der Waals surface area contributed by atoms with Crippen molar-refractivity contribution in [3.05, 3.63) is 39.9 Å². The molecule has 0 atom stereocenters. The van der Waals surface area contributed by atoms with Gasteiger partial charge in [-0.25, -0.2) is 4.98 Å². The molecule has 0 bridgehead atoms. The van der Waals surface area contributed by atoms with E-state index in [-0.39, 0.29) is 30.7 Å². The van der Waals surface area contributed by atoms with Crippen LogP contribution in [0, 0.1) is 6.92 Å². The molecule has 0 saturated carbocycles. The van der Waals surface area contributed by atoms with Crippen molar-refractivity contribution in [1.82, 2.24) is 15.2 Å². The van der Waals surface area contributed by atoms with Gasteiger partial charge in [0.1, 0.15) is 9.88 Å². The molecule has 0 radical (unpaired) electrons. The highest BCUT2D eigenvalue weighted by atomic mass is 35.5. The van der Waals surface area contributed by atoms with Crippen LogP contribution < -0.4 is 5.32 Å². The average molecular weight is 409 g/mol. The second kappa shape index (κ2) is 9.59. The summed E-state index contributed by atoms with van der Waals surface area (Å²) in [5, 5.41) is 4.88. The Labute approximate surface area is 163 Å². The van der Waals surface area contributed by atoms with Crippen molar-refractivity contribution in [2.75, 3.05) is 26.2 Å². The Balaban J connectivity index is 0.00000144. The lowest BCUT2D eigenvalue weighted by atomic mass is 10.2. The molecule has 2 aromatic rings. The number of thiazole rings is 1. The fraction of sp³-hybridized carbons (Fsp3) is 0.375. The van der Waals surface area contributed by atoms with Crippen molar-refractivity contribution in [2.24, 2.45) is 0 Å². The van der Waals surface area contributed by atoms with Gasteiger partial charge in [0, 0.05) is 30.2 Å². The minimum atomic E-state index is 0. The lowest BCUT2D eigenvalue weighted by Crippen LogP contribution is -2.34. The van der Waals surface area contributed by atoms with Crippen LogP contribution in [0.4, 0.5) is 0 Å². The molecule has 1 N–H and O–H groups in total. The van der Waals surface area contributed by atoms with E-state index in [0.717, 1.165) is 53.7 Å². The minimum absolute atomic E-state index is 0. The third kappa shape index (κ3) is 4.83. The zero-order valence-electron chi connectivity index (χ0n) is 13.3. The molecular weight excluding hydrogens is 389 g/mol. The van der Waals surface area contributed by atoms with Crippen LogP contribution in [0.5, 0.6) is 0 Å². The fourth-order valence-electron chi connectivity index (χ4n) is 2.50. The van der Waals surface area contributed by atoms with Gasteiger partial charge in [-0.05, 0) is 32.0 Å². The van der Waals surface area contributed by atoms with E-state index >= 15 is 0 Å². The fourth-order valence-corrected chi connectivity index (χ4v) is 3.67. The van der Waals surface area contributed by atoms with Crippen LogP contribution in [0.25, 0.3) is 10.6 Å². The van der Waals surface area contributed by atoms with Crippen LogP contribution >= 0.6 is 47.8 Å². The molecule has 132 valence electrons. The van der Waals surface area contributed by atoms with E-state index in [9.17, 15) is 4.79 Å². The molecular formula is C16H20Cl3N3OS. The summed E-state index contributed by atoms with van der Waals surface area (Å²) in [4.78, 5) is 19.9. The Bertz CT molecular complexity index is 668. The lowest BCUT2D eigenvalue weighted by Gasteiger charge is -2.19. The maximum absolute atomic E-state index is 12.7. The first-order valence-electron chi connectivity index (χ1n) is 7.38. The van der Waals surface area contributed by atoms with Gasteiger partial charge in [-0.15, -0.1) is 36.2 Å². The number of carbonyl (C=O) groups excluding carboxylic acids is 1. The van der Waals surface area contributed by atoms with E-state index in [1.165, 1.54) is 11.3 Å². The number of nitrogens with zero attached hydrogens (tertiary/aromatic N) is 2. The Morgan fingerprint density at radius 1 is 1.21 bits per heavy atom. The Morgan fingerprint density at radius 3 is 2.62 bits per heavy atom. The number of hydrogen-bond donors (Lipinski definition) is 1. The molecule has 1 aliphatic heterocycles. The van der Waals surface area contributed by atoms with Crippen LogP contribution in [0.15, 0.2) is 24.3 Å². The smallest absolute Gasteiger partial charge is 0.265 e. The first kappa shape index (κ1) is 21.2. The first-order chi connectivity index (χ1) is 10.6. The lowest BCUT2D eigenvalue weighted by molar-refractivity contribution is 0.0770. The molecule has 1 saturated heterocycles. The minimum Gasteiger partial charge on any atom is -0.337 e. The molecule has 1 aliphatic rings. The molecule has 1 aromatic heterocycles. The zero-order valence-corrected chi connectivity index (χ0v) is 16.5. The second-order valence-electron chi connectivity index (χ2n) is 5.34. The summed E-state index contributed by atoms with van der Waals surface area (Å²) >= 11 is 7.38. The van der Waals surface area contributed by atoms with E-state index in [1.807, 2.05) is 36.1 Å². The third-order valence-corrected chi connectivity index (χ3v) is 5.16. The van der Waals surface area contributed by atoms with E-state index in [1.54, 1.807) is 0 Å². The van der Waals surface area contributed by atoms with Gasteiger partial charge >= 0.3 is 0 Å². The van der Waals surface area contributed by atoms with E-state index < -0.39 is 0 Å². The van der Waals surface area contributed by atoms with Gasteiger partial charge in [-0.1, -0.05) is 23.7 Å². The summed E-state index contributed by atoms with van der Waals surface area (Å²) in [5.41, 5.74) is 1.80. The first-order valence-corrected chi connectivity index (χ1v) is 8.58. The monoisotopic (exact) mass is 407 g/mol. The van der Waals surface area contributed by atoms with Gasteiger partial charge in [0.05, 0.1) is 5.69 Å². The van der Waals surface area contributed by atoms with Gasteiger partial charge in [-0.2, -0.15) is 0 Å². The van der Waals surface area contributed by atoms with Crippen LogP contribution in [0.3, 0.4) is 0 Å². The molecule has 1 fully saturated rings. The van der Waals surface area contributed by atoms with Crippen molar-refractivity contribution >= 4 is 53.7 Å². The summed E-state index contributed by atoms with van der Waals surface area (Å²) in [5.74, 6) is 0.0962. The van der Waals surface area contributed by atoms with Crippen LogP contribution in [0.2, 0.25) is 5.02 Å². The highest BCUT2D eigenvalue weighted by Gasteiger charge is 2.22. The van der Waals surface area contributed by atoms with E-state index in [2.05, 4.69) is 10.3 Å². The number of amides is 1. The van der Waals surface area contributed by atoms with E-state index in [4.69, 9.17) is 11.6 Å². The molecule has 2 heterocycles. The van der Waals surface area contributed by atoms with Crippen molar-refractivity contribution in [1.29, 1.82) is 0 Å². The summed E-state index contributed by atoms with van der Waals surface area (Å²) in [7, 11) is 0. The molecule has 0 aliphatic carbocycles.